The molecule has 2 N–H and O–H groups in total. The molecule has 2 aromatic rings. The second kappa shape index (κ2) is 6.47. The Kier molecular flexibility index (Phi) is 4.32. The van der Waals surface area contributed by atoms with Crippen LogP contribution in [0.4, 0.5) is 5.00 Å². The van der Waals surface area contributed by atoms with Gasteiger partial charge in [0.2, 0.25) is 16.8 Å². The predicted octanol–water partition coefficient (Wildman–Crippen LogP) is 1.29. The lowest BCUT2D eigenvalue weighted by atomic mass is 10.1. The fourth-order valence-electron chi connectivity index (χ4n) is 3.17. The standard InChI is InChI=1S/C17H17N3O6S2/c1-19(2)28(23,24)7-11(9-3-4-12-13(5-9)26-8-25-12)20-16(21)10-6-27-15(18)14(10)17(20)22/h3-6,11H,7-8,18H2,1-2H3/t11-/m1/s1. The van der Waals surface area contributed by atoms with Gasteiger partial charge in [-0.25, -0.2) is 12.7 Å². The van der Waals surface area contributed by atoms with Gasteiger partial charge in [0.1, 0.15) is 0 Å². The van der Waals surface area contributed by atoms with Crippen molar-refractivity contribution in [2.45, 2.75) is 6.04 Å². The summed E-state index contributed by atoms with van der Waals surface area (Å²) in [7, 11) is -0.944. The van der Waals surface area contributed by atoms with E-state index in [1.165, 1.54) is 19.5 Å². The zero-order valence-electron chi connectivity index (χ0n) is 15.0. The highest BCUT2D eigenvalue weighted by Crippen LogP contribution is 2.40. The molecule has 2 amide bonds. The molecule has 11 heteroatoms. The van der Waals surface area contributed by atoms with Gasteiger partial charge in [0.15, 0.2) is 11.5 Å². The molecule has 2 aliphatic heterocycles. The molecule has 1 aromatic heterocycles. The average molecular weight is 423 g/mol. The van der Waals surface area contributed by atoms with Crippen LogP contribution in [0.1, 0.15) is 32.3 Å². The molecule has 3 heterocycles. The number of nitrogens with zero attached hydrogens (tertiary/aromatic N) is 2. The number of carbonyl (C=O) groups excluding carboxylic acids is 2. The third-order valence-electron chi connectivity index (χ3n) is 4.72. The number of benzene rings is 1. The van der Waals surface area contributed by atoms with Gasteiger partial charge in [0.05, 0.1) is 27.9 Å². The molecule has 0 unspecified atom stereocenters. The van der Waals surface area contributed by atoms with E-state index in [-0.39, 0.29) is 22.9 Å². The Bertz CT molecular complexity index is 1090. The Balaban J connectivity index is 1.80. The number of sulfonamides is 1. The van der Waals surface area contributed by atoms with Crippen LogP contribution in [0, 0.1) is 0 Å². The van der Waals surface area contributed by atoms with Crippen LogP contribution < -0.4 is 15.2 Å². The van der Waals surface area contributed by atoms with E-state index in [1.54, 1.807) is 18.2 Å². The van der Waals surface area contributed by atoms with Gasteiger partial charge in [-0.05, 0) is 17.7 Å². The lowest BCUT2D eigenvalue weighted by Crippen LogP contribution is -2.40. The molecular weight excluding hydrogens is 406 g/mol. The molecule has 0 spiro atoms. The maximum absolute atomic E-state index is 13.0. The minimum atomic E-state index is -3.74. The van der Waals surface area contributed by atoms with Crippen molar-refractivity contribution in [3.8, 4) is 11.5 Å². The van der Waals surface area contributed by atoms with E-state index in [2.05, 4.69) is 0 Å². The topological polar surface area (TPSA) is 119 Å². The average Bonchev–Trinajstić information content (AvgIpc) is 3.31. The van der Waals surface area contributed by atoms with E-state index < -0.39 is 33.6 Å². The van der Waals surface area contributed by atoms with E-state index in [0.717, 1.165) is 20.5 Å². The number of hydrogen-bond acceptors (Lipinski definition) is 8. The normalized spacial score (nSPS) is 16.8. The minimum absolute atomic E-state index is 0.0502. The molecule has 0 aliphatic carbocycles. The van der Waals surface area contributed by atoms with E-state index in [4.69, 9.17) is 15.2 Å². The van der Waals surface area contributed by atoms with Gasteiger partial charge >= 0.3 is 0 Å². The molecular formula is C17H17N3O6S2. The summed E-state index contributed by atoms with van der Waals surface area (Å²) in [6.45, 7) is 0.0502. The number of nitrogens with two attached hydrogens (primary N) is 1. The van der Waals surface area contributed by atoms with Crippen LogP contribution in [-0.4, -0.2) is 56.1 Å². The van der Waals surface area contributed by atoms with Crippen LogP contribution in [-0.2, 0) is 10.0 Å². The first kappa shape index (κ1) is 18.7. The number of carbonyl (C=O) groups is 2. The Labute approximate surface area is 165 Å². The van der Waals surface area contributed by atoms with Gasteiger partial charge < -0.3 is 15.2 Å². The molecule has 2 aliphatic rings. The first-order valence-electron chi connectivity index (χ1n) is 8.25. The number of hydrogen-bond donors (Lipinski definition) is 1. The first-order chi connectivity index (χ1) is 13.2. The van der Waals surface area contributed by atoms with Crippen LogP contribution in [0.3, 0.4) is 0 Å². The molecule has 0 radical (unpaired) electrons. The summed E-state index contributed by atoms with van der Waals surface area (Å²) in [5.41, 5.74) is 6.62. The number of rotatable bonds is 5. The van der Waals surface area contributed by atoms with E-state index >= 15 is 0 Å². The number of imide groups is 1. The molecule has 0 saturated carbocycles. The van der Waals surface area contributed by atoms with Crippen molar-refractivity contribution in [2.24, 2.45) is 0 Å². The minimum Gasteiger partial charge on any atom is -0.454 e. The molecule has 28 heavy (non-hydrogen) atoms. The van der Waals surface area contributed by atoms with E-state index in [1.807, 2.05) is 0 Å². The Morgan fingerprint density at radius 1 is 1.21 bits per heavy atom. The van der Waals surface area contributed by atoms with Crippen LogP contribution in [0.2, 0.25) is 0 Å². The molecule has 148 valence electrons. The molecule has 0 bridgehead atoms. The SMILES string of the molecule is CN(C)S(=O)(=O)C[C@H](c1ccc2c(c1)OCO2)N1C(=O)c2csc(N)c2C1=O. The maximum atomic E-state index is 13.0. The molecule has 0 fully saturated rings. The summed E-state index contributed by atoms with van der Waals surface area (Å²) >= 11 is 1.10. The van der Waals surface area contributed by atoms with Gasteiger partial charge in [-0.2, -0.15) is 0 Å². The van der Waals surface area contributed by atoms with Crippen LogP contribution >= 0.6 is 11.3 Å². The van der Waals surface area contributed by atoms with Crippen molar-refractivity contribution >= 4 is 38.2 Å². The number of thiophene rings is 1. The Morgan fingerprint density at radius 3 is 2.61 bits per heavy atom. The van der Waals surface area contributed by atoms with Crippen LogP contribution in [0.15, 0.2) is 23.6 Å². The summed E-state index contributed by atoms with van der Waals surface area (Å²) in [4.78, 5) is 26.8. The smallest absolute Gasteiger partial charge is 0.265 e. The lowest BCUT2D eigenvalue weighted by molar-refractivity contribution is 0.0597. The summed E-state index contributed by atoms with van der Waals surface area (Å²) in [5, 5.41) is 1.75. The van der Waals surface area contributed by atoms with Crippen molar-refractivity contribution in [1.29, 1.82) is 0 Å². The maximum Gasteiger partial charge on any atom is 0.265 e. The molecule has 1 atom stereocenters. The highest BCUT2D eigenvalue weighted by atomic mass is 32.2. The number of anilines is 1. The van der Waals surface area contributed by atoms with E-state index in [9.17, 15) is 18.0 Å². The fraction of sp³-hybridized carbons (Fsp3) is 0.294. The van der Waals surface area contributed by atoms with Crippen LogP contribution in [0.5, 0.6) is 11.5 Å². The first-order valence-corrected chi connectivity index (χ1v) is 10.7. The molecule has 0 saturated heterocycles. The summed E-state index contributed by atoms with van der Waals surface area (Å²) in [5.74, 6) is -0.692. The zero-order valence-corrected chi connectivity index (χ0v) is 16.7. The number of ether oxygens (including phenoxy) is 2. The number of amides is 2. The van der Waals surface area contributed by atoms with Crippen molar-refractivity contribution in [1.82, 2.24) is 9.21 Å². The molecule has 9 nitrogen and oxygen atoms in total. The Morgan fingerprint density at radius 2 is 1.93 bits per heavy atom. The monoisotopic (exact) mass is 423 g/mol. The summed E-state index contributed by atoms with van der Waals surface area (Å²) in [6, 6.07) is 3.80. The summed E-state index contributed by atoms with van der Waals surface area (Å²) in [6.07, 6.45) is 0. The number of nitrogen functional groups attached to an aromatic ring is 1. The summed E-state index contributed by atoms with van der Waals surface area (Å²) < 4.78 is 36.9. The molecule has 4 rings (SSSR count). The van der Waals surface area contributed by atoms with Gasteiger partial charge in [0.25, 0.3) is 11.8 Å². The van der Waals surface area contributed by atoms with Crippen molar-refractivity contribution in [3.05, 3.63) is 40.3 Å². The third kappa shape index (κ3) is 2.82. The number of fused-ring (bicyclic) bond motifs is 2. The largest absolute Gasteiger partial charge is 0.454 e. The fourth-order valence-corrected chi connectivity index (χ4v) is 4.98. The second-order valence-electron chi connectivity index (χ2n) is 6.56. The van der Waals surface area contributed by atoms with Crippen molar-refractivity contribution < 1.29 is 27.5 Å². The van der Waals surface area contributed by atoms with Crippen LogP contribution in [0.25, 0.3) is 0 Å². The Hall–Kier alpha value is -2.63. The lowest BCUT2D eigenvalue weighted by Gasteiger charge is -2.28. The van der Waals surface area contributed by atoms with Gasteiger partial charge in [-0.3, -0.25) is 14.5 Å². The predicted molar refractivity (Wildman–Crippen MR) is 102 cm³/mol. The highest BCUT2D eigenvalue weighted by Gasteiger charge is 2.44. The van der Waals surface area contributed by atoms with Gasteiger partial charge in [-0.1, -0.05) is 6.07 Å². The quantitative estimate of drug-likeness (QED) is 0.720. The van der Waals surface area contributed by atoms with Crippen molar-refractivity contribution in [2.75, 3.05) is 32.4 Å². The third-order valence-corrected chi connectivity index (χ3v) is 7.38. The zero-order chi connectivity index (χ0) is 20.2. The second-order valence-corrected chi connectivity index (χ2v) is 9.70. The van der Waals surface area contributed by atoms with E-state index in [0.29, 0.717) is 17.1 Å². The van der Waals surface area contributed by atoms with Gasteiger partial charge in [0, 0.05) is 19.5 Å². The highest BCUT2D eigenvalue weighted by molar-refractivity contribution is 7.89. The molecule has 1 aromatic carbocycles. The van der Waals surface area contributed by atoms with Crippen molar-refractivity contribution in [3.63, 3.8) is 0 Å². The van der Waals surface area contributed by atoms with Gasteiger partial charge in [-0.15, -0.1) is 11.3 Å².